The van der Waals surface area contributed by atoms with Crippen molar-refractivity contribution in [2.45, 2.75) is 31.3 Å². The van der Waals surface area contributed by atoms with Crippen LogP contribution in [0.25, 0.3) is 0 Å². The Morgan fingerprint density at radius 1 is 1.19 bits per heavy atom. The molecule has 5 nitrogen and oxygen atoms in total. The molecule has 2 aromatic rings. The lowest BCUT2D eigenvalue weighted by Crippen LogP contribution is -2.39. The molecular weight excluding hydrogens is 349 g/mol. The number of nitrogens with one attached hydrogen (secondary N) is 1. The Hall–Kier alpha value is -2.60. The smallest absolute Gasteiger partial charge is 0.220 e. The molecule has 0 fully saturated rings. The Labute approximate surface area is 158 Å². The third-order valence-corrected chi connectivity index (χ3v) is 5.05. The van der Waals surface area contributed by atoms with Crippen LogP contribution in [-0.4, -0.2) is 31.8 Å². The number of aliphatic hydroxyl groups is 1. The zero-order valence-corrected chi connectivity index (χ0v) is 15.5. The van der Waals surface area contributed by atoms with E-state index in [1.807, 2.05) is 6.07 Å². The van der Waals surface area contributed by atoms with E-state index in [0.717, 1.165) is 16.7 Å². The van der Waals surface area contributed by atoms with Gasteiger partial charge in [0.25, 0.3) is 0 Å². The molecule has 1 atom stereocenters. The number of rotatable bonds is 7. The van der Waals surface area contributed by atoms with Gasteiger partial charge in [0, 0.05) is 6.42 Å². The summed E-state index contributed by atoms with van der Waals surface area (Å²) in [4.78, 5) is 12.2. The minimum Gasteiger partial charge on any atom is -0.493 e. The molecule has 0 saturated carbocycles. The predicted octanol–water partition coefficient (Wildman–Crippen LogP) is 2.73. The Balaban J connectivity index is 1.61. The summed E-state index contributed by atoms with van der Waals surface area (Å²) in [6.45, 7) is 0.137. The van der Waals surface area contributed by atoms with Gasteiger partial charge in [-0.3, -0.25) is 4.79 Å². The van der Waals surface area contributed by atoms with Gasteiger partial charge in [-0.2, -0.15) is 0 Å². The van der Waals surface area contributed by atoms with Gasteiger partial charge in [-0.25, -0.2) is 4.39 Å². The third-order valence-electron chi connectivity index (χ3n) is 5.05. The second-order valence-corrected chi connectivity index (χ2v) is 6.80. The molecule has 2 aromatic carbocycles. The van der Waals surface area contributed by atoms with Crippen LogP contribution in [0.15, 0.2) is 36.4 Å². The summed E-state index contributed by atoms with van der Waals surface area (Å²) in [5.74, 6) is 0.738. The van der Waals surface area contributed by atoms with E-state index >= 15 is 0 Å². The number of amides is 1. The van der Waals surface area contributed by atoms with Crippen LogP contribution in [0.5, 0.6) is 11.5 Å². The summed E-state index contributed by atoms with van der Waals surface area (Å²) in [6, 6.07) is 9.76. The molecule has 1 aliphatic rings. The van der Waals surface area contributed by atoms with Crippen LogP contribution in [0.1, 0.15) is 29.5 Å². The molecule has 144 valence electrons. The minimum atomic E-state index is -1.12. The zero-order valence-electron chi connectivity index (χ0n) is 15.5. The highest BCUT2D eigenvalue weighted by Crippen LogP contribution is 2.42. The molecule has 1 unspecified atom stereocenters. The highest BCUT2D eigenvalue weighted by atomic mass is 19.1. The van der Waals surface area contributed by atoms with Gasteiger partial charge in [0.05, 0.1) is 20.8 Å². The molecule has 1 amide bonds. The van der Waals surface area contributed by atoms with Gasteiger partial charge in [-0.1, -0.05) is 12.1 Å². The monoisotopic (exact) mass is 373 g/mol. The van der Waals surface area contributed by atoms with E-state index in [1.54, 1.807) is 32.4 Å². The number of carbonyl (C=O) groups is 1. The van der Waals surface area contributed by atoms with Gasteiger partial charge in [0.15, 0.2) is 11.5 Å². The lowest BCUT2D eigenvalue weighted by molar-refractivity contribution is -0.122. The highest BCUT2D eigenvalue weighted by molar-refractivity contribution is 5.76. The average Bonchev–Trinajstić information content (AvgIpc) is 3.01. The van der Waals surface area contributed by atoms with E-state index < -0.39 is 5.60 Å². The van der Waals surface area contributed by atoms with Crippen molar-refractivity contribution in [2.75, 3.05) is 20.8 Å². The van der Waals surface area contributed by atoms with Gasteiger partial charge in [0.1, 0.15) is 11.4 Å². The number of methoxy groups -OCH3 is 2. The molecule has 6 heteroatoms. The Morgan fingerprint density at radius 2 is 1.85 bits per heavy atom. The molecule has 0 bridgehead atoms. The molecule has 0 aromatic heterocycles. The van der Waals surface area contributed by atoms with E-state index in [9.17, 15) is 14.3 Å². The zero-order chi connectivity index (χ0) is 19.4. The Morgan fingerprint density at radius 3 is 2.52 bits per heavy atom. The number of fused-ring (bicyclic) bond motifs is 1. The molecule has 0 spiro atoms. The van der Waals surface area contributed by atoms with Crippen molar-refractivity contribution in [1.29, 1.82) is 0 Å². The van der Waals surface area contributed by atoms with Crippen LogP contribution in [0.3, 0.4) is 0 Å². The van der Waals surface area contributed by atoms with Crippen LogP contribution in [0, 0.1) is 5.82 Å². The third kappa shape index (κ3) is 4.22. The van der Waals surface area contributed by atoms with Crippen LogP contribution < -0.4 is 14.8 Å². The number of benzene rings is 2. The molecule has 0 saturated heterocycles. The second-order valence-electron chi connectivity index (χ2n) is 6.80. The summed E-state index contributed by atoms with van der Waals surface area (Å²) >= 11 is 0. The van der Waals surface area contributed by atoms with Crippen molar-refractivity contribution in [3.63, 3.8) is 0 Å². The first kappa shape index (κ1) is 19.2. The van der Waals surface area contributed by atoms with Crippen molar-refractivity contribution in [3.05, 3.63) is 58.9 Å². The van der Waals surface area contributed by atoms with Crippen LogP contribution in [-0.2, 0) is 23.2 Å². The maximum absolute atomic E-state index is 12.9. The Kier molecular flexibility index (Phi) is 5.65. The van der Waals surface area contributed by atoms with E-state index in [2.05, 4.69) is 5.32 Å². The lowest BCUT2D eigenvalue weighted by Gasteiger charge is -2.25. The fourth-order valence-corrected chi connectivity index (χ4v) is 3.46. The predicted molar refractivity (Wildman–Crippen MR) is 99.5 cm³/mol. The van der Waals surface area contributed by atoms with E-state index in [4.69, 9.17) is 9.47 Å². The molecule has 0 radical (unpaired) electrons. The second kappa shape index (κ2) is 7.96. The van der Waals surface area contributed by atoms with Crippen molar-refractivity contribution < 1.29 is 23.8 Å². The van der Waals surface area contributed by atoms with E-state index in [0.29, 0.717) is 30.8 Å². The van der Waals surface area contributed by atoms with Gasteiger partial charge >= 0.3 is 0 Å². The van der Waals surface area contributed by atoms with Crippen LogP contribution >= 0.6 is 0 Å². The van der Waals surface area contributed by atoms with Gasteiger partial charge in [-0.15, -0.1) is 0 Å². The van der Waals surface area contributed by atoms with Crippen molar-refractivity contribution in [2.24, 2.45) is 0 Å². The fraction of sp³-hybridized carbons (Fsp3) is 0.381. The first-order valence-corrected chi connectivity index (χ1v) is 8.94. The molecule has 0 heterocycles. The van der Waals surface area contributed by atoms with Crippen LogP contribution in [0.2, 0.25) is 0 Å². The summed E-state index contributed by atoms with van der Waals surface area (Å²) in [5, 5.41) is 13.9. The first-order valence-electron chi connectivity index (χ1n) is 8.94. The quantitative estimate of drug-likeness (QED) is 0.783. The van der Waals surface area contributed by atoms with Crippen molar-refractivity contribution >= 4 is 5.91 Å². The molecule has 3 rings (SSSR count). The highest BCUT2D eigenvalue weighted by Gasteiger charge is 2.38. The van der Waals surface area contributed by atoms with Gasteiger partial charge in [-0.05, 0) is 60.2 Å². The number of ether oxygens (including phenoxy) is 2. The summed E-state index contributed by atoms with van der Waals surface area (Å²) in [6.07, 6.45) is 2.03. The van der Waals surface area contributed by atoms with Gasteiger partial charge < -0.3 is 19.9 Å². The SMILES string of the molecule is COc1cc2c(cc1OC)C(O)(CNC(=O)CCc1ccc(F)cc1)CC2. The van der Waals surface area contributed by atoms with Crippen molar-refractivity contribution in [1.82, 2.24) is 5.32 Å². The molecule has 0 aliphatic heterocycles. The molecule has 27 heavy (non-hydrogen) atoms. The lowest BCUT2D eigenvalue weighted by atomic mass is 9.95. The Bertz CT molecular complexity index is 822. The molecular formula is C21H24FNO4. The summed E-state index contributed by atoms with van der Waals surface area (Å²) in [5.41, 5.74) is 1.53. The standard InChI is InChI=1S/C21H24FNO4/c1-26-18-11-15-9-10-21(25,17(15)12-19(18)27-2)13-23-20(24)8-5-14-3-6-16(22)7-4-14/h3-4,6-7,11-12,25H,5,8-10,13H2,1-2H3,(H,23,24). The first-order chi connectivity index (χ1) is 12.9. The minimum absolute atomic E-state index is 0.137. The van der Waals surface area contributed by atoms with Crippen molar-refractivity contribution in [3.8, 4) is 11.5 Å². The summed E-state index contributed by atoms with van der Waals surface area (Å²) in [7, 11) is 3.13. The molecule has 1 aliphatic carbocycles. The van der Waals surface area contributed by atoms with Gasteiger partial charge in [0.2, 0.25) is 5.91 Å². The maximum Gasteiger partial charge on any atom is 0.220 e. The number of hydrogen-bond donors (Lipinski definition) is 2. The number of halogens is 1. The normalized spacial score (nSPS) is 18.1. The average molecular weight is 373 g/mol. The van der Waals surface area contributed by atoms with E-state index in [1.165, 1.54) is 12.1 Å². The summed E-state index contributed by atoms with van der Waals surface area (Å²) < 4.78 is 23.6. The largest absolute Gasteiger partial charge is 0.493 e. The topological polar surface area (TPSA) is 67.8 Å². The fourth-order valence-electron chi connectivity index (χ4n) is 3.46. The maximum atomic E-state index is 12.9. The molecule has 2 N–H and O–H groups in total. The number of aryl methyl sites for hydroxylation is 2. The van der Waals surface area contributed by atoms with Crippen LogP contribution in [0.4, 0.5) is 4.39 Å². The number of carbonyl (C=O) groups excluding carboxylic acids is 1. The number of hydrogen-bond acceptors (Lipinski definition) is 4. The van der Waals surface area contributed by atoms with E-state index in [-0.39, 0.29) is 24.7 Å².